The number of hydrogen-bond donors (Lipinski definition) is 7. The standard InChI is InChI=1S/4CHFO2.BH3O3/c5*2-1(3)4/h4*(H,3,4);2-4H. The quantitative estimate of drug-likeness (QED) is 0.185. The predicted octanol–water partition coefficient (Wildman–Crippen LogP) is 0.484. The SMILES string of the molecule is O=C(O)F.O=C(O)F.O=C(O)F.O=C(O)F.OB(O)O. The summed E-state index contributed by atoms with van der Waals surface area (Å²) in [6.07, 6.45) is -9.33. The van der Waals surface area contributed by atoms with E-state index < -0.39 is 32.2 Å². The molecule has 120 valence electrons. The molecule has 0 bridgehead atoms. The van der Waals surface area contributed by atoms with Crippen molar-refractivity contribution in [1.82, 2.24) is 0 Å². The van der Waals surface area contributed by atoms with Crippen LogP contribution in [-0.4, -0.2) is 67.7 Å². The van der Waals surface area contributed by atoms with Gasteiger partial charge in [-0.25, -0.2) is 19.2 Å². The summed E-state index contributed by atoms with van der Waals surface area (Å²) in [7, 11) is -2.17. The van der Waals surface area contributed by atoms with Gasteiger partial charge in [-0.2, -0.15) is 0 Å². The van der Waals surface area contributed by atoms with E-state index in [0.29, 0.717) is 0 Å². The second-order valence-electron chi connectivity index (χ2n) is 1.36. The Morgan fingerprint density at radius 2 is 0.550 bits per heavy atom. The van der Waals surface area contributed by atoms with Gasteiger partial charge in [0.05, 0.1) is 0 Å². The van der Waals surface area contributed by atoms with Crippen molar-refractivity contribution in [3.05, 3.63) is 0 Å². The molecule has 0 aliphatic heterocycles. The molecule has 0 spiro atoms. The number of rotatable bonds is 0. The van der Waals surface area contributed by atoms with Gasteiger partial charge in [-0.05, 0) is 0 Å². The van der Waals surface area contributed by atoms with Crippen molar-refractivity contribution in [2.24, 2.45) is 0 Å². The lowest BCUT2D eigenvalue weighted by Crippen LogP contribution is -2.07. The first-order valence-corrected chi connectivity index (χ1v) is 3.24. The first kappa shape index (κ1) is 30.5. The van der Waals surface area contributed by atoms with Crippen molar-refractivity contribution >= 4 is 32.2 Å². The fourth-order valence-electron chi connectivity index (χ4n) is 0. The van der Waals surface area contributed by atoms with E-state index in [4.69, 9.17) is 54.7 Å². The average Bonchev–Trinajstić information content (AvgIpc) is 1.94. The zero-order chi connectivity index (χ0) is 17.9. The normalized spacial score (nSPS) is 6.35. The van der Waals surface area contributed by atoms with Gasteiger partial charge in [-0.3, -0.25) is 0 Å². The van der Waals surface area contributed by atoms with Crippen molar-refractivity contribution in [3.63, 3.8) is 0 Å². The summed E-state index contributed by atoms with van der Waals surface area (Å²) < 4.78 is 39.7. The molecule has 0 atom stereocenters. The molecular formula is C4H7BF4O11. The van der Waals surface area contributed by atoms with E-state index in [9.17, 15) is 17.6 Å². The maximum absolute atomic E-state index is 9.92. The topological polar surface area (TPSA) is 210 Å². The minimum Gasteiger partial charge on any atom is -0.456 e. The van der Waals surface area contributed by atoms with E-state index >= 15 is 0 Å². The summed E-state index contributed by atoms with van der Waals surface area (Å²) in [5, 5.41) is 48.5. The maximum atomic E-state index is 9.92. The molecule has 0 aliphatic carbocycles. The molecule has 0 unspecified atom stereocenters. The Hall–Kier alpha value is -2.46. The molecule has 0 aromatic heterocycles. The molecule has 0 radical (unpaired) electrons. The summed E-state index contributed by atoms with van der Waals surface area (Å²) in [5.74, 6) is 0. The van der Waals surface area contributed by atoms with E-state index in [0.717, 1.165) is 0 Å². The zero-order valence-corrected chi connectivity index (χ0v) is 8.85. The molecule has 16 heteroatoms. The van der Waals surface area contributed by atoms with Crippen LogP contribution in [0, 0.1) is 0 Å². The Balaban J connectivity index is -0.0000000469. The molecule has 0 amide bonds. The fraction of sp³-hybridized carbons (Fsp3) is 0. The van der Waals surface area contributed by atoms with Crippen LogP contribution in [0.1, 0.15) is 0 Å². The Bertz CT molecular complexity index is 204. The highest BCUT2D eigenvalue weighted by atomic mass is 19.2. The van der Waals surface area contributed by atoms with Gasteiger partial charge in [0.1, 0.15) is 0 Å². The van der Waals surface area contributed by atoms with Crippen LogP contribution >= 0.6 is 0 Å². The van der Waals surface area contributed by atoms with Crippen LogP contribution in [0.25, 0.3) is 0 Å². The average molecular weight is 318 g/mol. The van der Waals surface area contributed by atoms with Crippen molar-refractivity contribution < 1.29 is 72.2 Å². The zero-order valence-electron chi connectivity index (χ0n) is 8.85. The number of carboxylic acid groups (broad SMARTS) is 4. The summed E-state index contributed by atoms with van der Waals surface area (Å²) in [4.78, 5) is 33.3. The smallest absolute Gasteiger partial charge is 0.456 e. The van der Waals surface area contributed by atoms with E-state index in [1.54, 1.807) is 0 Å². The third kappa shape index (κ3) is 546. The van der Waals surface area contributed by atoms with Crippen LogP contribution in [0.4, 0.5) is 36.7 Å². The molecule has 0 aromatic rings. The fourth-order valence-corrected chi connectivity index (χ4v) is 0. The first-order valence-electron chi connectivity index (χ1n) is 3.24. The molecule has 7 N–H and O–H groups in total. The van der Waals surface area contributed by atoms with Crippen LogP contribution in [-0.2, 0) is 0 Å². The molecule has 11 nitrogen and oxygen atoms in total. The molecule has 0 aliphatic rings. The van der Waals surface area contributed by atoms with E-state index in [1.165, 1.54) is 0 Å². The maximum Gasteiger partial charge on any atom is 0.631 e. The Morgan fingerprint density at radius 3 is 0.550 bits per heavy atom. The third-order valence-electron chi connectivity index (χ3n) is 0. The summed E-state index contributed by atoms with van der Waals surface area (Å²) in [6, 6.07) is 0. The van der Waals surface area contributed by atoms with Gasteiger partial charge in [-0.15, -0.1) is 17.6 Å². The van der Waals surface area contributed by atoms with Crippen molar-refractivity contribution in [2.45, 2.75) is 0 Å². The summed E-state index contributed by atoms with van der Waals surface area (Å²) in [6.45, 7) is 0. The van der Waals surface area contributed by atoms with Crippen LogP contribution in [0.2, 0.25) is 0 Å². The second-order valence-corrected chi connectivity index (χ2v) is 1.36. The Kier molecular flexibility index (Phi) is 38.8. The highest BCUT2D eigenvalue weighted by Crippen LogP contribution is 1.59. The minimum atomic E-state index is -2.33. The third-order valence-corrected chi connectivity index (χ3v) is 0. The largest absolute Gasteiger partial charge is 0.631 e. The highest BCUT2D eigenvalue weighted by molar-refractivity contribution is 6.30. The molecule has 0 rings (SSSR count). The number of carbonyl (C=O) groups is 4. The first-order chi connectivity index (χ1) is 8.66. The minimum absolute atomic E-state index is 2.17. The van der Waals surface area contributed by atoms with Crippen LogP contribution in [0.5, 0.6) is 0 Å². The lowest BCUT2D eigenvalue weighted by atomic mass is 10.3. The molecule has 0 saturated carbocycles. The van der Waals surface area contributed by atoms with E-state index in [2.05, 4.69) is 0 Å². The summed E-state index contributed by atoms with van der Waals surface area (Å²) >= 11 is 0. The van der Waals surface area contributed by atoms with Crippen molar-refractivity contribution in [1.29, 1.82) is 0 Å². The Morgan fingerprint density at radius 1 is 0.550 bits per heavy atom. The predicted molar refractivity (Wildman–Crippen MR) is 48.9 cm³/mol. The van der Waals surface area contributed by atoms with Crippen molar-refractivity contribution in [2.75, 3.05) is 0 Å². The molecule has 0 aromatic carbocycles. The molecular weight excluding hydrogens is 311 g/mol. The number of hydrogen-bond acceptors (Lipinski definition) is 7. The van der Waals surface area contributed by atoms with E-state index in [1.807, 2.05) is 0 Å². The van der Waals surface area contributed by atoms with Crippen LogP contribution in [0.3, 0.4) is 0 Å². The van der Waals surface area contributed by atoms with Gasteiger partial charge in [0.2, 0.25) is 0 Å². The van der Waals surface area contributed by atoms with Gasteiger partial charge >= 0.3 is 32.2 Å². The number of halogens is 4. The molecule has 0 fully saturated rings. The van der Waals surface area contributed by atoms with Gasteiger partial charge in [-0.1, -0.05) is 0 Å². The van der Waals surface area contributed by atoms with Gasteiger partial charge in [0.25, 0.3) is 0 Å². The second kappa shape index (κ2) is 25.4. The van der Waals surface area contributed by atoms with Crippen LogP contribution < -0.4 is 0 Å². The lowest BCUT2D eigenvalue weighted by Gasteiger charge is -1.69. The molecule has 0 saturated heterocycles. The van der Waals surface area contributed by atoms with Gasteiger partial charge in [0.15, 0.2) is 0 Å². The summed E-state index contributed by atoms with van der Waals surface area (Å²) in [5.41, 5.74) is 0. The highest BCUT2D eigenvalue weighted by Gasteiger charge is 1.92. The molecule has 0 heterocycles. The Labute approximate surface area is 106 Å². The molecule has 20 heavy (non-hydrogen) atoms. The van der Waals surface area contributed by atoms with Crippen LogP contribution in [0.15, 0.2) is 0 Å². The van der Waals surface area contributed by atoms with Crippen molar-refractivity contribution in [3.8, 4) is 0 Å². The van der Waals surface area contributed by atoms with E-state index in [-0.39, 0.29) is 0 Å². The van der Waals surface area contributed by atoms with Gasteiger partial charge < -0.3 is 35.5 Å². The monoisotopic (exact) mass is 318 g/mol. The van der Waals surface area contributed by atoms with Gasteiger partial charge in [0, 0.05) is 0 Å². The lowest BCUT2D eigenvalue weighted by molar-refractivity contribution is 0.167.